The smallest absolute Gasteiger partial charge is 0.496 e. The van der Waals surface area contributed by atoms with Crippen molar-refractivity contribution in [2.45, 2.75) is 19.7 Å². The van der Waals surface area contributed by atoms with E-state index in [-0.39, 0.29) is 5.75 Å². The van der Waals surface area contributed by atoms with Gasteiger partial charge in [0.15, 0.2) is 0 Å². The van der Waals surface area contributed by atoms with Crippen LogP contribution in [0.1, 0.15) is 12.6 Å². The summed E-state index contributed by atoms with van der Waals surface area (Å²) in [7, 11) is 1.43. The van der Waals surface area contributed by atoms with Crippen LogP contribution in [0.3, 0.4) is 0 Å². The van der Waals surface area contributed by atoms with Crippen molar-refractivity contribution >= 4 is 0 Å². The molecule has 0 saturated heterocycles. The molecule has 0 aliphatic rings. The van der Waals surface area contributed by atoms with Crippen molar-refractivity contribution in [2.75, 3.05) is 7.11 Å². The minimum Gasteiger partial charge on any atom is -0.496 e. The van der Waals surface area contributed by atoms with E-state index >= 15 is 0 Å². The SMILES string of the molecule is CCc1cncc(-c2cc(OC(F)(F)F)ccc2OC)n1. The number of halogens is 3. The highest BCUT2D eigenvalue weighted by atomic mass is 19.4. The normalized spacial score (nSPS) is 11.3. The van der Waals surface area contributed by atoms with Crippen LogP contribution in [0.5, 0.6) is 11.5 Å². The molecule has 112 valence electrons. The lowest BCUT2D eigenvalue weighted by molar-refractivity contribution is -0.274. The third-order valence-corrected chi connectivity index (χ3v) is 2.73. The van der Waals surface area contributed by atoms with Gasteiger partial charge in [0.25, 0.3) is 0 Å². The highest BCUT2D eigenvalue weighted by molar-refractivity contribution is 5.68. The van der Waals surface area contributed by atoms with Crippen molar-refractivity contribution in [3.63, 3.8) is 0 Å². The molecule has 2 aromatic rings. The number of methoxy groups -OCH3 is 1. The van der Waals surface area contributed by atoms with Gasteiger partial charge in [-0.05, 0) is 24.6 Å². The van der Waals surface area contributed by atoms with Crippen LogP contribution in [0.25, 0.3) is 11.3 Å². The zero-order valence-corrected chi connectivity index (χ0v) is 11.4. The molecule has 7 heteroatoms. The maximum absolute atomic E-state index is 12.3. The van der Waals surface area contributed by atoms with Crippen molar-refractivity contribution < 1.29 is 22.6 Å². The fraction of sp³-hybridized carbons (Fsp3) is 0.286. The van der Waals surface area contributed by atoms with Crippen LogP contribution in [-0.2, 0) is 6.42 Å². The second kappa shape index (κ2) is 5.99. The average molecular weight is 298 g/mol. The Morgan fingerprint density at radius 1 is 1.19 bits per heavy atom. The quantitative estimate of drug-likeness (QED) is 0.865. The standard InChI is InChI=1S/C14H13F3N2O2/c1-3-9-7-18-8-12(19-9)11-6-10(21-14(15,16)17)4-5-13(11)20-2/h4-8H,3H2,1-2H3. The highest BCUT2D eigenvalue weighted by Gasteiger charge is 2.31. The van der Waals surface area contributed by atoms with E-state index in [9.17, 15) is 13.2 Å². The summed E-state index contributed by atoms with van der Waals surface area (Å²) >= 11 is 0. The Balaban J connectivity index is 2.46. The highest BCUT2D eigenvalue weighted by Crippen LogP contribution is 2.34. The second-order valence-electron chi connectivity index (χ2n) is 4.16. The third-order valence-electron chi connectivity index (χ3n) is 2.73. The van der Waals surface area contributed by atoms with E-state index in [4.69, 9.17) is 4.74 Å². The number of alkyl halides is 3. The van der Waals surface area contributed by atoms with Crippen molar-refractivity contribution in [1.29, 1.82) is 0 Å². The first-order valence-electron chi connectivity index (χ1n) is 6.18. The van der Waals surface area contributed by atoms with E-state index in [1.54, 1.807) is 6.20 Å². The Bertz CT molecular complexity index is 630. The summed E-state index contributed by atoms with van der Waals surface area (Å²) in [5.41, 5.74) is 1.55. The number of ether oxygens (including phenoxy) is 2. The number of aromatic nitrogens is 2. The minimum atomic E-state index is -4.75. The molecule has 1 heterocycles. The summed E-state index contributed by atoms with van der Waals surface area (Å²) in [6.07, 6.45) is -1.01. The topological polar surface area (TPSA) is 44.2 Å². The fourth-order valence-corrected chi connectivity index (χ4v) is 1.79. The van der Waals surface area contributed by atoms with Gasteiger partial charge in [0.2, 0.25) is 0 Å². The first-order chi connectivity index (χ1) is 9.93. The molecular weight excluding hydrogens is 285 g/mol. The zero-order chi connectivity index (χ0) is 15.5. The van der Waals surface area contributed by atoms with Gasteiger partial charge in [0.05, 0.1) is 24.7 Å². The average Bonchev–Trinajstić information content (AvgIpc) is 2.45. The molecule has 0 unspecified atom stereocenters. The Morgan fingerprint density at radius 3 is 2.57 bits per heavy atom. The van der Waals surface area contributed by atoms with E-state index in [2.05, 4.69) is 14.7 Å². The van der Waals surface area contributed by atoms with Gasteiger partial charge in [-0.15, -0.1) is 13.2 Å². The van der Waals surface area contributed by atoms with Crippen molar-refractivity contribution in [1.82, 2.24) is 9.97 Å². The lowest BCUT2D eigenvalue weighted by atomic mass is 10.1. The van der Waals surface area contributed by atoms with Crippen LogP contribution in [-0.4, -0.2) is 23.4 Å². The summed E-state index contributed by atoms with van der Waals surface area (Å²) in [5, 5.41) is 0. The van der Waals surface area contributed by atoms with Crippen LogP contribution in [0.4, 0.5) is 13.2 Å². The number of nitrogens with zero attached hydrogens (tertiary/aromatic N) is 2. The molecular formula is C14H13F3N2O2. The lowest BCUT2D eigenvalue weighted by Crippen LogP contribution is -2.17. The molecule has 0 spiro atoms. The van der Waals surface area contributed by atoms with E-state index in [0.29, 0.717) is 23.4 Å². The summed E-state index contributed by atoms with van der Waals surface area (Å²) in [6.45, 7) is 1.91. The van der Waals surface area contributed by atoms with Crippen LogP contribution in [0.2, 0.25) is 0 Å². The van der Waals surface area contributed by atoms with Crippen molar-refractivity contribution in [3.8, 4) is 22.8 Å². The van der Waals surface area contributed by atoms with Crippen molar-refractivity contribution in [3.05, 3.63) is 36.3 Å². The number of hydrogen-bond acceptors (Lipinski definition) is 4. The van der Waals surface area contributed by atoms with E-state index in [1.165, 1.54) is 31.5 Å². The van der Waals surface area contributed by atoms with E-state index in [0.717, 1.165) is 5.69 Å². The molecule has 0 radical (unpaired) electrons. The summed E-state index contributed by atoms with van der Waals surface area (Å²) < 4.78 is 46.0. The van der Waals surface area contributed by atoms with Gasteiger partial charge >= 0.3 is 6.36 Å². The van der Waals surface area contributed by atoms with Gasteiger partial charge in [-0.25, -0.2) is 4.98 Å². The Kier molecular flexibility index (Phi) is 4.30. The molecule has 21 heavy (non-hydrogen) atoms. The molecule has 2 rings (SSSR count). The molecule has 0 atom stereocenters. The molecule has 0 amide bonds. The van der Waals surface area contributed by atoms with Crippen molar-refractivity contribution in [2.24, 2.45) is 0 Å². The fourth-order valence-electron chi connectivity index (χ4n) is 1.79. The molecule has 0 aliphatic carbocycles. The minimum absolute atomic E-state index is 0.331. The summed E-state index contributed by atoms with van der Waals surface area (Å²) in [5.74, 6) is 0.0640. The van der Waals surface area contributed by atoms with Gasteiger partial charge in [-0.3, -0.25) is 4.98 Å². The zero-order valence-electron chi connectivity index (χ0n) is 11.4. The second-order valence-corrected chi connectivity index (χ2v) is 4.16. The van der Waals surface area contributed by atoms with Gasteiger partial charge in [0, 0.05) is 11.8 Å². The molecule has 0 aliphatic heterocycles. The molecule has 4 nitrogen and oxygen atoms in total. The lowest BCUT2D eigenvalue weighted by Gasteiger charge is -2.13. The molecule has 0 fully saturated rings. The summed E-state index contributed by atoms with van der Waals surface area (Å²) in [4.78, 5) is 8.36. The summed E-state index contributed by atoms with van der Waals surface area (Å²) in [6, 6.07) is 3.82. The first-order valence-corrected chi connectivity index (χ1v) is 6.18. The predicted octanol–water partition coefficient (Wildman–Crippen LogP) is 3.61. The Morgan fingerprint density at radius 2 is 1.95 bits per heavy atom. The van der Waals surface area contributed by atoms with Gasteiger partial charge in [-0.2, -0.15) is 0 Å². The van der Waals surface area contributed by atoms with Crippen LogP contribution < -0.4 is 9.47 Å². The van der Waals surface area contributed by atoms with E-state index < -0.39 is 6.36 Å². The van der Waals surface area contributed by atoms with Crippen LogP contribution in [0, 0.1) is 0 Å². The van der Waals surface area contributed by atoms with Gasteiger partial charge in [0.1, 0.15) is 11.5 Å². The number of hydrogen-bond donors (Lipinski definition) is 0. The maximum Gasteiger partial charge on any atom is 0.573 e. The maximum atomic E-state index is 12.3. The van der Waals surface area contributed by atoms with Crippen LogP contribution >= 0.6 is 0 Å². The third kappa shape index (κ3) is 3.84. The largest absolute Gasteiger partial charge is 0.573 e. The Labute approximate surface area is 119 Å². The monoisotopic (exact) mass is 298 g/mol. The van der Waals surface area contributed by atoms with E-state index in [1.807, 2.05) is 6.92 Å². The van der Waals surface area contributed by atoms with Gasteiger partial charge in [-0.1, -0.05) is 6.92 Å². The molecule has 1 aromatic heterocycles. The van der Waals surface area contributed by atoms with Gasteiger partial charge < -0.3 is 9.47 Å². The molecule has 0 saturated carbocycles. The predicted molar refractivity (Wildman–Crippen MR) is 70.1 cm³/mol. The molecule has 0 bridgehead atoms. The number of aryl methyl sites for hydroxylation is 1. The molecule has 1 aromatic carbocycles. The number of rotatable bonds is 4. The number of benzene rings is 1. The van der Waals surface area contributed by atoms with Crippen LogP contribution in [0.15, 0.2) is 30.6 Å². The Hall–Kier alpha value is -2.31. The molecule has 0 N–H and O–H groups in total. The first kappa shape index (κ1) is 15.1.